The van der Waals surface area contributed by atoms with Gasteiger partial charge in [-0.15, -0.1) is 0 Å². The molecule has 0 amide bonds. The largest absolute Gasteiger partial charge is 0.383 e. The van der Waals surface area contributed by atoms with Crippen molar-refractivity contribution in [3.8, 4) is 0 Å². The van der Waals surface area contributed by atoms with Crippen LogP contribution in [0, 0.1) is 6.92 Å². The zero-order valence-corrected chi connectivity index (χ0v) is 13.8. The molecule has 0 aromatic carbocycles. The summed E-state index contributed by atoms with van der Waals surface area (Å²) in [5, 5.41) is 6.72. The summed E-state index contributed by atoms with van der Waals surface area (Å²) in [7, 11) is 1.70. The normalized spacial score (nSPS) is 13.2. The average Bonchev–Trinajstić information content (AvgIpc) is 2.33. The van der Waals surface area contributed by atoms with Crippen molar-refractivity contribution in [2.75, 3.05) is 30.9 Å². The Bertz CT molecular complexity index is 440. The lowest BCUT2D eigenvalue weighted by molar-refractivity contribution is 0.190. The molecule has 0 radical (unpaired) electrons. The zero-order chi connectivity index (χ0) is 15.3. The molecule has 0 fully saturated rings. The van der Waals surface area contributed by atoms with E-state index in [-0.39, 0.29) is 11.5 Å². The van der Waals surface area contributed by atoms with Gasteiger partial charge in [-0.1, -0.05) is 20.8 Å². The van der Waals surface area contributed by atoms with Crippen LogP contribution in [0.1, 0.15) is 46.0 Å². The van der Waals surface area contributed by atoms with E-state index in [1.807, 2.05) is 6.92 Å². The molecule has 0 saturated heterocycles. The van der Waals surface area contributed by atoms with Crippen LogP contribution in [0.15, 0.2) is 0 Å². The third kappa shape index (κ3) is 4.34. The summed E-state index contributed by atoms with van der Waals surface area (Å²) in [6.45, 7) is 14.0. The van der Waals surface area contributed by atoms with Crippen molar-refractivity contribution in [3.63, 3.8) is 0 Å². The predicted octanol–water partition coefficient (Wildman–Crippen LogP) is 2.96. The minimum absolute atomic E-state index is 0.0845. The van der Waals surface area contributed by atoms with E-state index in [9.17, 15) is 0 Å². The lowest BCUT2D eigenvalue weighted by atomic mass is 9.95. The SMILES string of the molecule is CCNc1nc(C(C)(C)C)nc(NC(C)COC)c1C. The van der Waals surface area contributed by atoms with Crippen molar-refractivity contribution in [1.29, 1.82) is 0 Å². The van der Waals surface area contributed by atoms with Gasteiger partial charge in [-0.05, 0) is 20.8 Å². The first-order valence-electron chi connectivity index (χ1n) is 7.18. The molecule has 0 bridgehead atoms. The topological polar surface area (TPSA) is 59.1 Å². The van der Waals surface area contributed by atoms with Crippen LogP contribution in [0.5, 0.6) is 0 Å². The maximum absolute atomic E-state index is 5.17. The van der Waals surface area contributed by atoms with Crippen molar-refractivity contribution >= 4 is 11.6 Å². The number of anilines is 2. The van der Waals surface area contributed by atoms with Gasteiger partial charge in [-0.3, -0.25) is 0 Å². The van der Waals surface area contributed by atoms with Crippen LogP contribution in [0.4, 0.5) is 11.6 Å². The Kier molecular flexibility index (Phi) is 5.74. The van der Waals surface area contributed by atoms with Crippen LogP contribution in [0.2, 0.25) is 0 Å². The van der Waals surface area contributed by atoms with Gasteiger partial charge in [0.05, 0.1) is 6.61 Å². The molecule has 20 heavy (non-hydrogen) atoms. The van der Waals surface area contributed by atoms with Crippen molar-refractivity contribution in [3.05, 3.63) is 11.4 Å². The Labute approximate surface area is 122 Å². The Morgan fingerprint density at radius 3 is 2.30 bits per heavy atom. The summed E-state index contributed by atoms with van der Waals surface area (Å²) in [4.78, 5) is 9.34. The lowest BCUT2D eigenvalue weighted by Crippen LogP contribution is -2.25. The zero-order valence-electron chi connectivity index (χ0n) is 13.8. The standard InChI is InChI=1S/C15H28N4O/c1-8-16-12-11(3)13(17-10(2)9-20-7)19-14(18-12)15(4,5)6/h10H,8-9H2,1-7H3,(H2,16,17,18,19). The van der Waals surface area contributed by atoms with Crippen LogP contribution in [0.3, 0.4) is 0 Å². The quantitative estimate of drug-likeness (QED) is 0.839. The molecule has 0 aliphatic carbocycles. The van der Waals surface area contributed by atoms with Crippen LogP contribution in [-0.2, 0) is 10.2 Å². The highest BCUT2D eigenvalue weighted by Gasteiger charge is 2.21. The monoisotopic (exact) mass is 280 g/mol. The van der Waals surface area contributed by atoms with E-state index in [0.29, 0.717) is 6.61 Å². The molecule has 114 valence electrons. The molecule has 0 saturated carbocycles. The van der Waals surface area contributed by atoms with E-state index in [1.165, 1.54) is 0 Å². The summed E-state index contributed by atoms with van der Waals surface area (Å²) >= 11 is 0. The molecule has 1 aromatic heterocycles. The molecule has 1 aromatic rings. The first-order valence-corrected chi connectivity index (χ1v) is 7.18. The summed E-state index contributed by atoms with van der Waals surface area (Å²) in [5.74, 6) is 2.62. The Balaban J connectivity index is 3.16. The molecule has 1 atom stereocenters. The second-order valence-electron chi connectivity index (χ2n) is 6.15. The van der Waals surface area contributed by atoms with Gasteiger partial charge in [0.25, 0.3) is 0 Å². The van der Waals surface area contributed by atoms with Crippen LogP contribution in [-0.4, -0.2) is 36.3 Å². The fourth-order valence-corrected chi connectivity index (χ4v) is 1.86. The third-order valence-electron chi connectivity index (χ3n) is 2.96. The fourth-order valence-electron chi connectivity index (χ4n) is 1.86. The minimum Gasteiger partial charge on any atom is -0.383 e. The van der Waals surface area contributed by atoms with E-state index in [1.54, 1.807) is 7.11 Å². The molecule has 0 aliphatic rings. The van der Waals surface area contributed by atoms with Gasteiger partial charge in [0, 0.05) is 30.7 Å². The Morgan fingerprint density at radius 2 is 1.80 bits per heavy atom. The summed E-state index contributed by atoms with van der Waals surface area (Å²) in [6.07, 6.45) is 0. The Hall–Kier alpha value is -1.36. The van der Waals surface area contributed by atoms with Gasteiger partial charge < -0.3 is 15.4 Å². The molecule has 2 N–H and O–H groups in total. The number of methoxy groups -OCH3 is 1. The van der Waals surface area contributed by atoms with Crippen molar-refractivity contribution in [1.82, 2.24) is 9.97 Å². The molecular weight excluding hydrogens is 252 g/mol. The molecule has 1 rings (SSSR count). The van der Waals surface area contributed by atoms with E-state index >= 15 is 0 Å². The number of nitrogens with one attached hydrogen (secondary N) is 2. The molecule has 0 aliphatic heterocycles. The maximum Gasteiger partial charge on any atom is 0.138 e. The number of ether oxygens (including phenoxy) is 1. The van der Waals surface area contributed by atoms with Gasteiger partial charge >= 0.3 is 0 Å². The maximum atomic E-state index is 5.17. The van der Waals surface area contributed by atoms with Crippen molar-refractivity contribution < 1.29 is 4.74 Å². The van der Waals surface area contributed by atoms with Crippen LogP contribution >= 0.6 is 0 Å². The van der Waals surface area contributed by atoms with Gasteiger partial charge in [-0.2, -0.15) is 0 Å². The van der Waals surface area contributed by atoms with Crippen molar-refractivity contribution in [2.24, 2.45) is 0 Å². The second kappa shape index (κ2) is 6.88. The van der Waals surface area contributed by atoms with E-state index in [0.717, 1.165) is 29.6 Å². The highest BCUT2D eigenvalue weighted by Crippen LogP contribution is 2.26. The number of hydrogen-bond donors (Lipinski definition) is 2. The minimum atomic E-state index is -0.0845. The summed E-state index contributed by atoms with van der Waals surface area (Å²) in [6, 6.07) is 0.205. The van der Waals surface area contributed by atoms with Crippen LogP contribution in [0.25, 0.3) is 0 Å². The van der Waals surface area contributed by atoms with Gasteiger partial charge in [0.2, 0.25) is 0 Å². The number of rotatable bonds is 6. The first-order chi connectivity index (χ1) is 9.29. The van der Waals surface area contributed by atoms with Gasteiger partial charge in [0.1, 0.15) is 17.5 Å². The van der Waals surface area contributed by atoms with E-state index < -0.39 is 0 Å². The first kappa shape index (κ1) is 16.7. The molecule has 5 nitrogen and oxygen atoms in total. The van der Waals surface area contributed by atoms with Crippen LogP contribution < -0.4 is 10.6 Å². The highest BCUT2D eigenvalue weighted by molar-refractivity contribution is 5.58. The Morgan fingerprint density at radius 1 is 1.20 bits per heavy atom. The molecule has 0 spiro atoms. The molecule has 5 heteroatoms. The van der Waals surface area contributed by atoms with Gasteiger partial charge in [-0.25, -0.2) is 9.97 Å². The molecular formula is C15H28N4O. The fraction of sp³-hybridized carbons (Fsp3) is 0.733. The molecule has 1 heterocycles. The summed E-state index contributed by atoms with van der Waals surface area (Å²) in [5.41, 5.74) is 0.960. The second-order valence-corrected chi connectivity index (χ2v) is 6.15. The highest BCUT2D eigenvalue weighted by atomic mass is 16.5. The van der Waals surface area contributed by atoms with E-state index in [4.69, 9.17) is 9.72 Å². The van der Waals surface area contributed by atoms with Crippen molar-refractivity contribution in [2.45, 2.75) is 53.0 Å². The number of nitrogens with zero attached hydrogens (tertiary/aromatic N) is 2. The van der Waals surface area contributed by atoms with Gasteiger partial charge in [0.15, 0.2) is 0 Å². The lowest BCUT2D eigenvalue weighted by Gasteiger charge is -2.22. The molecule has 1 unspecified atom stereocenters. The number of hydrogen-bond acceptors (Lipinski definition) is 5. The third-order valence-corrected chi connectivity index (χ3v) is 2.96. The smallest absolute Gasteiger partial charge is 0.138 e. The average molecular weight is 280 g/mol. The predicted molar refractivity (Wildman–Crippen MR) is 84.6 cm³/mol. The summed E-state index contributed by atoms with van der Waals surface area (Å²) < 4.78 is 5.17. The number of aromatic nitrogens is 2. The van der Waals surface area contributed by atoms with E-state index in [2.05, 4.69) is 50.2 Å².